The molecule has 1 aliphatic rings. The number of halogens is 1. The van der Waals surface area contributed by atoms with Crippen LogP contribution in [0.15, 0.2) is 18.2 Å². The molecule has 1 fully saturated rings. The topological polar surface area (TPSA) is 55.6 Å². The molecule has 5 nitrogen and oxygen atoms in total. The van der Waals surface area contributed by atoms with Gasteiger partial charge in [0.05, 0.1) is 18.1 Å². The molecule has 0 aliphatic carbocycles. The van der Waals surface area contributed by atoms with Crippen LogP contribution in [0.1, 0.15) is 11.1 Å². The third kappa shape index (κ3) is 3.51. The molecule has 98 valence electrons. The van der Waals surface area contributed by atoms with Crippen molar-refractivity contribution in [2.24, 2.45) is 0 Å². The van der Waals surface area contributed by atoms with Gasteiger partial charge in [0, 0.05) is 37.1 Å². The Balaban J connectivity index is 2.15. The molecule has 1 saturated heterocycles. The van der Waals surface area contributed by atoms with Crippen molar-refractivity contribution in [1.82, 2.24) is 4.90 Å². The van der Waals surface area contributed by atoms with Crippen LogP contribution in [0.25, 0.3) is 0 Å². The summed E-state index contributed by atoms with van der Waals surface area (Å²) in [4.78, 5) is 12.8. The van der Waals surface area contributed by atoms with Gasteiger partial charge in [0.1, 0.15) is 0 Å². The van der Waals surface area contributed by atoms with Crippen LogP contribution in [0.2, 0.25) is 0 Å². The van der Waals surface area contributed by atoms with Gasteiger partial charge in [-0.2, -0.15) is 0 Å². The highest BCUT2D eigenvalue weighted by molar-refractivity contribution is 9.08. The Kier molecular flexibility index (Phi) is 4.68. The van der Waals surface area contributed by atoms with Crippen molar-refractivity contribution < 1.29 is 9.66 Å². The summed E-state index contributed by atoms with van der Waals surface area (Å²) in [6, 6.07) is 5.27. The molecule has 0 aromatic heterocycles. The van der Waals surface area contributed by atoms with E-state index in [1.54, 1.807) is 12.1 Å². The smallest absolute Gasteiger partial charge is 0.270 e. The maximum absolute atomic E-state index is 10.9. The molecule has 0 spiro atoms. The van der Waals surface area contributed by atoms with Crippen molar-refractivity contribution in [1.29, 1.82) is 0 Å². The maximum Gasteiger partial charge on any atom is 0.270 e. The van der Waals surface area contributed by atoms with E-state index in [0.29, 0.717) is 5.33 Å². The second-order valence-corrected chi connectivity index (χ2v) is 4.85. The lowest BCUT2D eigenvalue weighted by molar-refractivity contribution is -0.385. The van der Waals surface area contributed by atoms with E-state index in [1.807, 2.05) is 6.07 Å². The van der Waals surface area contributed by atoms with Gasteiger partial charge in [0.2, 0.25) is 0 Å². The van der Waals surface area contributed by atoms with Gasteiger partial charge in [0.15, 0.2) is 0 Å². The highest BCUT2D eigenvalue weighted by Crippen LogP contribution is 2.20. The Morgan fingerprint density at radius 3 is 2.56 bits per heavy atom. The van der Waals surface area contributed by atoms with Crippen molar-refractivity contribution in [3.8, 4) is 0 Å². The molecule has 0 unspecified atom stereocenters. The monoisotopic (exact) mass is 314 g/mol. The van der Waals surface area contributed by atoms with Gasteiger partial charge in [-0.3, -0.25) is 15.0 Å². The molecule has 1 aromatic carbocycles. The van der Waals surface area contributed by atoms with Crippen LogP contribution >= 0.6 is 15.9 Å². The fraction of sp³-hybridized carbons (Fsp3) is 0.500. The van der Waals surface area contributed by atoms with E-state index in [9.17, 15) is 10.1 Å². The summed E-state index contributed by atoms with van der Waals surface area (Å²) in [5, 5.41) is 11.5. The zero-order valence-corrected chi connectivity index (χ0v) is 11.6. The van der Waals surface area contributed by atoms with Crippen molar-refractivity contribution in [2.75, 3.05) is 26.3 Å². The Bertz CT molecular complexity index is 433. The predicted molar refractivity (Wildman–Crippen MR) is 71.8 cm³/mol. The second-order valence-electron chi connectivity index (χ2n) is 4.29. The summed E-state index contributed by atoms with van der Waals surface area (Å²) < 4.78 is 5.29. The van der Waals surface area contributed by atoms with Gasteiger partial charge < -0.3 is 4.74 Å². The summed E-state index contributed by atoms with van der Waals surface area (Å²) >= 11 is 3.34. The molecule has 0 atom stereocenters. The molecule has 1 aliphatic heterocycles. The van der Waals surface area contributed by atoms with E-state index in [0.717, 1.165) is 44.0 Å². The summed E-state index contributed by atoms with van der Waals surface area (Å²) in [5.74, 6) is 0. The van der Waals surface area contributed by atoms with Crippen molar-refractivity contribution >= 4 is 21.6 Å². The van der Waals surface area contributed by atoms with Crippen LogP contribution in [0.4, 0.5) is 5.69 Å². The number of alkyl halides is 1. The summed E-state index contributed by atoms with van der Waals surface area (Å²) in [6.07, 6.45) is 0. The van der Waals surface area contributed by atoms with Gasteiger partial charge in [0.25, 0.3) is 5.69 Å². The number of benzene rings is 1. The molecule has 18 heavy (non-hydrogen) atoms. The zero-order valence-electron chi connectivity index (χ0n) is 9.97. The van der Waals surface area contributed by atoms with Crippen LogP contribution in [-0.4, -0.2) is 36.1 Å². The lowest BCUT2D eigenvalue weighted by atomic mass is 10.1. The number of ether oxygens (including phenoxy) is 1. The van der Waals surface area contributed by atoms with Crippen molar-refractivity contribution in [2.45, 2.75) is 11.9 Å². The van der Waals surface area contributed by atoms with Crippen LogP contribution < -0.4 is 0 Å². The number of nitro benzene ring substituents is 1. The van der Waals surface area contributed by atoms with E-state index in [4.69, 9.17) is 4.74 Å². The minimum absolute atomic E-state index is 0.162. The van der Waals surface area contributed by atoms with Gasteiger partial charge in [-0.25, -0.2) is 0 Å². The van der Waals surface area contributed by atoms with Gasteiger partial charge >= 0.3 is 0 Å². The Labute approximate surface area is 114 Å². The number of hydrogen-bond acceptors (Lipinski definition) is 4. The van der Waals surface area contributed by atoms with E-state index < -0.39 is 0 Å². The number of non-ortho nitro benzene ring substituents is 1. The average Bonchev–Trinajstić information content (AvgIpc) is 2.39. The van der Waals surface area contributed by atoms with Crippen LogP contribution in [0.3, 0.4) is 0 Å². The molecule has 2 rings (SSSR count). The zero-order chi connectivity index (χ0) is 13.0. The first-order valence-electron chi connectivity index (χ1n) is 5.82. The van der Waals surface area contributed by atoms with Crippen molar-refractivity contribution in [3.05, 3.63) is 39.4 Å². The third-order valence-electron chi connectivity index (χ3n) is 2.91. The van der Waals surface area contributed by atoms with Gasteiger partial charge in [-0.1, -0.05) is 22.0 Å². The predicted octanol–water partition coefficient (Wildman–Crippen LogP) is 2.32. The first-order valence-corrected chi connectivity index (χ1v) is 6.94. The summed E-state index contributed by atoms with van der Waals surface area (Å²) in [6.45, 7) is 3.98. The van der Waals surface area contributed by atoms with E-state index in [2.05, 4.69) is 20.8 Å². The van der Waals surface area contributed by atoms with Gasteiger partial charge in [-0.05, 0) is 11.1 Å². The van der Waals surface area contributed by atoms with Crippen LogP contribution in [0, 0.1) is 10.1 Å². The lowest BCUT2D eigenvalue weighted by Crippen LogP contribution is -2.35. The SMILES string of the molecule is O=[N+]([O-])c1cc(CBr)cc(CN2CCOCC2)c1. The van der Waals surface area contributed by atoms with E-state index >= 15 is 0 Å². The third-order valence-corrected chi connectivity index (χ3v) is 3.56. The fourth-order valence-electron chi connectivity index (χ4n) is 2.03. The molecule has 0 N–H and O–H groups in total. The van der Waals surface area contributed by atoms with E-state index in [1.165, 1.54) is 0 Å². The number of hydrogen-bond donors (Lipinski definition) is 0. The van der Waals surface area contributed by atoms with Gasteiger partial charge in [-0.15, -0.1) is 0 Å². The molecular weight excluding hydrogens is 300 g/mol. The molecule has 1 heterocycles. The number of morpholine rings is 1. The van der Waals surface area contributed by atoms with Crippen LogP contribution in [-0.2, 0) is 16.6 Å². The van der Waals surface area contributed by atoms with Crippen LogP contribution in [0.5, 0.6) is 0 Å². The molecule has 0 saturated carbocycles. The van der Waals surface area contributed by atoms with Crippen molar-refractivity contribution in [3.63, 3.8) is 0 Å². The molecule has 6 heteroatoms. The lowest BCUT2D eigenvalue weighted by Gasteiger charge is -2.26. The standard InChI is InChI=1S/C12H15BrN2O3/c13-8-10-5-11(7-12(6-10)15(16)17)9-14-1-3-18-4-2-14/h5-7H,1-4,8-9H2. The summed E-state index contributed by atoms with van der Waals surface area (Å²) in [5.41, 5.74) is 2.09. The maximum atomic E-state index is 10.9. The first-order chi connectivity index (χ1) is 8.69. The van der Waals surface area contributed by atoms with E-state index in [-0.39, 0.29) is 10.6 Å². The number of nitrogens with zero attached hydrogens (tertiary/aromatic N) is 2. The number of nitro groups is 1. The molecule has 0 amide bonds. The fourth-order valence-corrected chi connectivity index (χ4v) is 2.36. The average molecular weight is 315 g/mol. The Hall–Kier alpha value is -0.980. The highest BCUT2D eigenvalue weighted by Gasteiger charge is 2.14. The first kappa shape index (κ1) is 13.5. The molecular formula is C12H15BrN2O3. The molecule has 0 bridgehead atoms. The Morgan fingerprint density at radius 2 is 1.94 bits per heavy atom. The number of rotatable bonds is 4. The Morgan fingerprint density at radius 1 is 1.28 bits per heavy atom. The normalized spacial score (nSPS) is 16.7. The largest absolute Gasteiger partial charge is 0.379 e. The second kappa shape index (κ2) is 6.26. The molecule has 1 aromatic rings. The minimum Gasteiger partial charge on any atom is -0.379 e. The molecule has 0 radical (unpaired) electrons. The summed E-state index contributed by atoms with van der Waals surface area (Å²) in [7, 11) is 0. The highest BCUT2D eigenvalue weighted by atomic mass is 79.9. The quantitative estimate of drug-likeness (QED) is 0.486. The minimum atomic E-state index is -0.338.